The minimum Gasteiger partial charge on any atom is -0.374 e. The molecule has 0 amide bonds. The van der Waals surface area contributed by atoms with Crippen LogP contribution in [0, 0.1) is 0 Å². The van der Waals surface area contributed by atoms with E-state index in [1.54, 1.807) is 0 Å². The highest BCUT2D eigenvalue weighted by atomic mass is 16.5. The zero-order chi connectivity index (χ0) is 13.1. The van der Waals surface area contributed by atoms with Gasteiger partial charge < -0.3 is 10.1 Å². The van der Waals surface area contributed by atoms with E-state index in [4.69, 9.17) is 4.74 Å². The summed E-state index contributed by atoms with van der Waals surface area (Å²) in [5.74, 6) is 0. The zero-order valence-electron chi connectivity index (χ0n) is 12.6. The Morgan fingerprint density at radius 1 is 1.00 bits per heavy atom. The second-order valence-electron chi connectivity index (χ2n) is 4.90. The van der Waals surface area contributed by atoms with Gasteiger partial charge in [-0.3, -0.25) is 0 Å². The molecule has 1 N–H and O–H groups in total. The molecule has 1 unspecified atom stereocenters. The van der Waals surface area contributed by atoms with Gasteiger partial charge in [-0.05, 0) is 33.2 Å². The number of rotatable bonds is 11. The van der Waals surface area contributed by atoms with Crippen LogP contribution >= 0.6 is 0 Å². The van der Waals surface area contributed by atoms with Crippen molar-refractivity contribution in [2.45, 2.75) is 84.3 Å². The summed E-state index contributed by atoms with van der Waals surface area (Å²) in [5.41, 5.74) is 0.0374. The van der Waals surface area contributed by atoms with Crippen molar-refractivity contribution in [3.63, 3.8) is 0 Å². The van der Waals surface area contributed by atoms with Crippen LogP contribution in [0.4, 0.5) is 0 Å². The Hall–Kier alpha value is -0.0800. The molecule has 0 aliphatic heterocycles. The summed E-state index contributed by atoms with van der Waals surface area (Å²) in [6.07, 6.45) is 8.75. The lowest BCUT2D eigenvalue weighted by Gasteiger charge is -2.39. The highest BCUT2D eigenvalue weighted by Crippen LogP contribution is 2.28. The summed E-state index contributed by atoms with van der Waals surface area (Å²) in [6, 6.07) is 0.495. The second kappa shape index (κ2) is 9.90. The molecule has 0 fully saturated rings. The van der Waals surface area contributed by atoms with Crippen molar-refractivity contribution >= 4 is 0 Å². The summed E-state index contributed by atoms with van der Waals surface area (Å²) in [6.45, 7) is 9.67. The van der Waals surface area contributed by atoms with Gasteiger partial charge in [0.2, 0.25) is 0 Å². The summed E-state index contributed by atoms with van der Waals surface area (Å²) in [7, 11) is 2.07. The molecule has 0 aromatic heterocycles. The lowest BCUT2D eigenvalue weighted by molar-refractivity contribution is -0.0726. The number of hydrogen-bond acceptors (Lipinski definition) is 2. The van der Waals surface area contributed by atoms with Gasteiger partial charge in [0.25, 0.3) is 0 Å². The van der Waals surface area contributed by atoms with Gasteiger partial charge in [0.15, 0.2) is 0 Å². The van der Waals surface area contributed by atoms with Crippen LogP contribution in [0.3, 0.4) is 0 Å². The Kier molecular flexibility index (Phi) is 9.85. The molecule has 0 saturated heterocycles. The van der Waals surface area contributed by atoms with E-state index in [0.717, 1.165) is 19.4 Å². The number of likely N-dealkylation sites (N-methyl/N-ethyl adjacent to an activating group) is 1. The monoisotopic (exact) mass is 243 g/mol. The highest BCUT2D eigenvalue weighted by Gasteiger charge is 2.34. The maximum atomic E-state index is 6.08. The van der Waals surface area contributed by atoms with E-state index < -0.39 is 0 Å². The lowest BCUT2D eigenvalue weighted by Crippen LogP contribution is -2.50. The van der Waals surface area contributed by atoms with Gasteiger partial charge in [0, 0.05) is 12.6 Å². The number of hydrogen-bond donors (Lipinski definition) is 1. The third-order valence-corrected chi connectivity index (χ3v) is 3.96. The van der Waals surface area contributed by atoms with Gasteiger partial charge >= 0.3 is 0 Å². The quantitative estimate of drug-likeness (QED) is 0.551. The van der Waals surface area contributed by atoms with Crippen molar-refractivity contribution in [2.24, 2.45) is 0 Å². The average Bonchev–Trinajstić information content (AvgIpc) is 2.37. The highest BCUT2D eigenvalue weighted by molar-refractivity contribution is 4.90. The lowest BCUT2D eigenvalue weighted by atomic mass is 9.85. The molecule has 0 aromatic carbocycles. The van der Waals surface area contributed by atoms with Crippen LogP contribution in [-0.2, 0) is 4.74 Å². The molecule has 2 nitrogen and oxygen atoms in total. The van der Waals surface area contributed by atoms with Crippen molar-refractivity contribution in [1.82, 2.24) is 5.32 Å². The molecule has 0 saturated carbocycles. The second-order valence-corrected chi connectivity index (χ2v) is 4.90. The van der Waals surface area contributed by atoms with Gasteiger partial charge in [-0.15, -0.1) is 0 Å². The molecule has 17 heavy (non-hydrogen) atoms. The first kappa shape index (κ1) is 16.9. The Bertz CT molecular complexity index is 166. The van der Waals surface area contributed by atoms with E-state index in [2.05, 4.69) is 40.1 Å². The van der Waals surface area contributed by atoms with Crippen LogP contribution in [0.15, 0.2) is 0 Å². The van der Waals surface area contributed by atoms with E-state index in [-0.39, 0.29) is 5.60 Å². The summed E-state index contributed by atoms with van der Waals surface area (Å²) >= 11 is 0. The minimum atomic E-state index is 0.0374. The third-order valence-electron chi connectivity index (χ3n) is 3.96. The maximum Gasteiger partial charge on any atom is 0.0829 e. The molecule has 2 heteroatoms. The van der Waals surface area contributed by atoms with Crippen molar-refractivity contribution in [1.29, 1.82) is 0 Å². The van der Waals surface area contributed by atoms with Gasteiger partial charge in [0.1, 0.15) is 0 Å². The van der Waals surface area contributed by atoms with E-state index in [0.29, 0.717) is 6.04 Å². The average molecular weight is 243 g/mol. The van der Waals surface area contributed by atoms with Gasteiger partial charge in [-0.2, -0.15) is 0 Å². The Labute approximate surface area is 109 Å². The van der Waals surface area contributed by atoms with Crippen molar-refractivity contribution in [3.05, 3.63) is 0 Å². The minimum absolute atomic E-state index is 0.0374. The van der Waals surface area contributed by atoms with Gasteiger partial charge in [0.05, 0.1) is 5.60 Å². The zero-order valence-corrected chi connectivity index (χ0v) is 12.6. The summed E-state index contributed by atoms with van der Waals surface area (Å²) in [5, 5.41) is 3.48. The molecule has 0 aromatic rings. The van der Waals surface area contributed by atoms with Crippen LogP contribution in [0.5, 0.6) is 0 Å². The Morgan fingerprint density at radius 3 is 2.06 bits per heavy atom. The van der Waals surface area contributed by atoms with E-state index in [1.165, 1.54) is 32.1 Å². The molecule has 0 rings (SSSR count). The molecular formula is C15H33NO. The first-order valence-electron chi connectivity index (χ1n) is 7.51. The maximum absolute atomic E-state index is 6.08. The summed E-state index contributed by atoms with van der Waals surface area (Å²) < 4.78 is 6.08. The molecule has 0 aliphatic carbocycles. The van der Waals surface area contributed by atoms with Crippen molar-refractivity contribution in [3.8, 4) is 0 Å². The van der Waals surface area contributed by atoms with Crippen molar-refractivity contribution < 1.29 is 4.74 Å². The van der Waals surface area contributed by atoms with Gasteiger partial charge in [-0.25, -0.2) is 0 Å². The van der Waals surface area contributed by atoms with Crippen LogP contribution in [0.1, 0.15) is 72.6 Å². The molecule has 1 atom stereocenters. The first-order valence-corrected chi connectivity index (χ1v) is 7.51. The fourth-order valence-electron chi connectivity index (χ4n) is 2.78. The predicted molar refractivity (Wildman–Crippen MR) is 76.5 cm³/mol. The first-order chi connectivity index (χ1) is 8.20. The molecule has 0 aliphatic rings. The molecule has 0 spiro atoms. The largest absolute Gasteiger partial charge is 0.374 e. The van der Waals surface area contributed by atoms with Crippen molar-refractivity contribution in [2.75, 3.05) is 13.7 Å². The number of ether oxygens (including phenoxy) is 1. The summed E-state index contributed by atoms with van der Waals surface area (Å²) in [4.78, 5) is 0. The molecule has 0 bridgehead atoms. The molecule has 104 valence electrons. The normalized spacial score (nSPS) is 13.9. The third kappa shape index (κ3) is 5.39. The van der Waals surface area contributed by atoms with Gasteiger partial charge in [-0.1, -0.05) is 46.5 Å². The SMILES string of the molecule is CCCCCCC(NC)C(CC)(CC)OCC. The van der Waals surface area contributed by atoms with Crippen LogP contribution < -0.4 is 5.32 Å². The molecular weight excluding hydrogens is 210 g/mol. The predicted octanol–water partition coefficient (Wildman–Crippen LogP) is 4.14. The standard InChI is InChI=1S/C15H33NO/c1-6-10-11-12-13-14(16-5)15(7-2,8-3)17-9-4/h14,16H,6-13H2,1-5H3. The van der Waals surface area contributed by atoms with E-state index in [1.807, 2.05) is 0 Å². The fourth-order valence-corrected chi connectivity index (χ4v) is 2.78. The Balaban J connectivity index is 4.34. The van der Waals surface area contributed by atoms with E-state index in [9.17, 15) is 0 Å². The van der Waals surface area contributed by atoms with Crippen LogP contribution in [0.25, 0.3) is 0 Å². The number of unbranched alkanes of at least 4 members (excludes halogenated alkanes) is 3. The van der Waals surface area contributed by atoms with Crippen LogP contribution in [-0.4, -0.2) is 25.3 Å². The smallest absolute Gasteiger partial charge is 0.0829 e. The molecule has 0 heterocycles. The number of nitrogens with one attached hydrogen (secondary N) is 1. The topological polar surface area (TPSA) is 21.3 Å². The van der Waals surface area contributed by atoms with E-state index >= 15 is 0 Å². The van der Waals surface area contributed by atoms with Crippen LogP contribution in [0.2, 0.25) is 0 Å². The fraction of sp³-hybridized carbons (Fsp3) is 1.00. The molecule has 0 radical (unpaired) electrons. The Morgan fingerprint density at radius 2 is 1.65 bits per heavy atom.